The minimum Gasteiger partial charge on any atom is -0.508 e. The van der Waals surface area contributed by atoms with E-state index in [1.165, 1.54) is 5.56 Å². The standard InChI is InChI=1S/C26H20FNO2/c1-14-6-4-5-7-19(14)17-8-9-23-18(11-17)12-20-24(27)15(2)10-21-25(20)28(23)13-22(16(3)29)26(21)30/h4-11,13,29H,3,12H2,1-2H3. The molecule has 0 radical (unpaired) electrons. The Morgan fingerprint density at radius 3 is 2.60 bits per heavy atom. The van der Waals surface area contributed by atoms with E-state index in [0.717, 1.165) is 22.4 Å². The van der Waals surface area contributed by atoms with E-state index in [1.807, 2.05) is 28.8 Å². The monoisotopic (exact) mass is 397 g/mol. The SMILES string of the molecule is C=C(O)c1cn2c3c(c(F)c(C)cc3c1=O)Cc1cc(-c3ccccc3C)ccc1-2. The van der Waals surface area contributed by atoms with Gasteiger partial charge in [0.2, 0.25) is 0 Å². The van der Waals surface area contributed by atoms with Crippen molar-refractivity contribution in [3.8, 4) is 16.8 Å². The molecule has 1 aliphatic rings. The number of aryl methyl sites for hydroxylation is 2. The van der Waals surface area contributed by atoms with Crippen LogP contribution in [0.4, 0.5) is 4.39 Å². The van der Waals surface area contributed by atoms with E-state index in [9.17, 15) is 9.90 Å². The molecule has 3 aromatic carbocycles. The molecule has 0 unspecified atom stereocenters. The number of benzene rings is 3. The second kappa shape index (κ2) is 6.42. The van der Waals surface area contributed by atoms with E-state index >= 15 is 4.39 Å². The van der Waals surface area contributed by atoms with Crippen molar-refractivity contribution in [2.75, 3.05) is 0 Å². The molecular weight excluding hydrogens is 377 g/mol. The normalized spacial score (nSPS) is 12.1. The predicted molar refractivity (Wildman–Crippen MR) is 119 cm³/mol. The summed E-state index contributed by atoms with van der Waals surface area (Å²) in [5.41, 5.74) is 6.46. The fourth-order valence-electron chi connectivity index (χ4n) is 4.47. The van der Waals surface area contributed by atoms with Crippen molar-refractivity contribution in [3.05, 3.63) is 105 Å². The lowest BCUT2D eigenvalue weighted by Gasteiger charge is -2.25. The summed E-state index contributed by atoms with van der Waals surface area (Å²) in [5.74, 6) is -0.587. The molecule has 0 spiro atoms. The van der Waals surface area contributed by atoms with Crippen LogP contribution in [0.2, 0.25) is 0 Å². The van der Waals surface area contributed by atoms with Crippen LogP contribution in [0, 0.1) is 19.7 Å². The molecular formula is C26H20FNO2. The lowest BCUT2D eigenvalue weighted by Crippen LogP contribution is -2.20. The largest absolute Gasteiger partial charge is 0.508 e. The minimum absolute atomic E-state index is 0.121. The first-order valence-corrected chi connectivity index (χ1v) is 9.81. The molecule has 0 bridgehead atoms. The van der Waals surface area contributed by atoms with Crippen molar-refractivity contribution in [3.63, 3.8) is 0 Å². The molecule has 5 rings (SSSR count). The van der Waals surface area contributed by atoms with Gasteiger partial charge in [-0.2, -0.15) is 0 Å². The summed E-state index contributed by atoms with van der Waals surface area (Å²) >= 11 is 0. The van der Waals surface area contributed by atoms with Gasteiger partial charge in [-0.3, -0.25) is 4.79 Å². The molecule has 148 valence electrons. The molecule has 0 amide bonds. The Hall–Kier alpha value is -3.66. The van der Waals surface area contributed by atoms with Crippen molar-refractivity contribution in [1.29, 1.82) is 0 Å². The third-order valence-corrected chi connectivity index (χ3v) is 5.97. The van der Waals surface area contributed by atoms with Crippen LogP contribution in [-0.4, -0.2) is 9.67 Å². The minimum atomic E-state index is -0.335. The second-order valence-corrected chi connectivity index (χ2v) is 7.91. The molecule has 1 aromatic heterocycles. The van der Waals surface area contributed by atoms with Crippen LogP contribution in [0.15, 0.2) is 66.1 Å². The molecule has 0 saturated heterocycles. The molecule has 0 saturated carbocycles. The highest BCUT2D eigenvalue weighted by Gasteiger charge is 2.25. The van der Waals surface area contributed by atoms with E-state index in [2.05, 4.69) is 31.7 Å². The fraction of sp³-hybridized carbons (Fsp3) is 0.115. The summed E-state index contributed by atoms with van der Waals surface area (Å²) in [6, 6.07) is 15.8. The van der Waals surface area contributed by atoms with Gasteiger partial charge in [0.1, 0.15) is 11.6 Å². The number of pyridine rings is 1. The molecule has 1 aliphatic heterocycles. The number of aliphatic hydroxyl groups is 1. The quantitative estimate of drug-likeness (QED) is 0.380. The third kappa shape index (κ3) is 2.53. The average Bonchev–Trinajstić information content (AvgIpc) is 2.73. The van der Waals surface area contributed by atoms with Crippen LogP contribution in [0.1, 0.15) is 27.8 Å². The van der Waals surface area contributed by atoms with Crippen LogP contribution in [0.3, 0.4) is 0 Å². The maximum absolute atomic E-state index is 15.1. The summed E-state index contributed by atoms with van der Waals surface area (Å²) in [6.07, 6.45) is 1.97. The highest BCUT2D eigenvalue weighted by atomic mass is 19.1. The third-order valence-electron chi connectivity index (χ3n) is 5.97. The molecule has 3 nitrogen and oxygen atoms in total. The Labute approximate surface area is 173 Å². The zero-order chi connectivity index (χ0) is 21.2. The van der Waals surface area contributed by atoms with Gasteiger partial charge >= 0.3 is 0 Å². The van der Waals surface area contributed by atoms with Gasteiger partial charge < -0.3 is 9.67 Å². The smallest absolute Gasteiger partial charge is 0.200 e. The number of nitrogens with zero attached hydrogens (tertiary/aromatic N) is 1. The van der Waals surface area contributed by atoms with E-state index in [-0.39, 0.29) is 22.6 Å². The van der Waals surface area contributed by atoms with Crippen LogP contribution in [0.25, 0.3) is 33.5 Å². The average molecular weight is 397 g/mol. The zero-order valence-electron chi connectivity index (χ0n) is 16.8. The van der Waals surface area contributed by atoms with Gasteiger partial charge in [-0.05, 0) is 59.9 Å². The van der Waals surface area contributed by atoms with Crippen molar-refractivity contribution in [2.24, 2.45) is 0 Å². The summed E-state index contributed by atoms with van der Waals surface area (Å²) < 4.78 is 16.9. The molecule has 2 heterocycles. The fourth-order valence-corrected chi connectivity index (χ4v) is 4.47. The number of aromatic nitrogens is 1. The van der Waals surface area contributed by atoms with Crippen molar-refractivity contribution in [1.82, 2.24) is 4.57 Å². The summed E-state index contributed by atoms with van der Waals surface area (Å²) in [7, 11) is 0. The highest BCUT2D eigenvalue weighted by molar-refractivity contribution is 5.89. The Bertz CT molecular complexity index is 1450. The van der Waals surface area contributed by atoms with Crippen molar-refractivity contribution < 1.29 is 9.50 Å². The molecule has 4 aromatic rings. The number of halogens is 1. The van der Waals surface area contributed by atoms with Crippen molar-refractivity contribution in [2.45, 2.75) is 20.3 Å². The number of hydrogen-bond donors (Lipinski definition) is 1. The molecule has 0 aliphatic carbocycles. The van der Waals surface area contributed by atoms with Gasteiger partial charge in [-0.1, -0.05) is 36.9 Å². The molecule has 0 atom stereocenters. The Morgan fingerprint density at radius 1 is 1.10 bits per heavy atom. The molecule has 4 heteroatoms. The number of rotatable bonds is 2. The predicted octanol–water partition coefficient (Wildman–Crippen LogP) is 5.85. The summed E-state index contributed by atoms with van der Waals surface area (Å²) in [4.78, 5) is 12.9. The van der Waals surface area contributed by atoms with Crippen molar-refractivity contribution >= 4 is 16.7 Å². The van der Waals surface area contributed by atoms with E-state index < -0.39 is 0 Å². The zero-order valence-corrected chi connectivity index (χ0v) is 16.8. The molecule has 30 heavy (non-hydrogen) atoms. The van der Waals surface area contributed by atoms with Gasteiger partial charge in [0.15, 0.2) is 5.43 Å². The van der Waals surface area contributed by atoms with Gasteiger partial charge in [0, 0.05) is 29.3 Å². The van der Waals surface area contributed by atoms with E-state index in [4.69, 9.17) is 0 Å². The maximum atomic E-state index is 15.1. The number of aliphatic hydroxyl groups excluding tert-OH is 1. The first-order valence-electron chi connectivity index (χ1n) is 9.81. The van der Waals surface area contributed by atoms with Gasteiger partial charge in [-0.25, -0.2) is 4.39 Å². The summed E-state index contributed by atoms with van der Waals surface area (Å²) in [5, 5.41) is 10.4. The first-order chi connectivity index (χ1) is 14.4. The topological polar surface area (TPSA) is 42.2 Å². The highest BCUT2D eigenvalue weighted by Crippen LogP contribution is 2.36. The first kappa shape index (κ1) is 18.4. The number of fused-ring (bicyclic) bond motifs is 2. The van der Waals surface area contributed by atoms with E-state index in [1.54, 1.807) is 19.2 Å². The second-order valence-electron chi connectivity index (χ2n) is 7.91. The Morgan fingerprint density at radius 2 is 1.87 bits per heavy atom. The maximum Gasteiger partial charge on any atom is 0.200 e. The molecule has 1 N–H and O–H groups in total. The van der Waals surface area contributed by atoms with Crippen LogP contribution < -0.4 is 5.43 Å². The van der Waals surface area contributed by atoms with Gasteiger partial charge in [0.05, 0.1) is 11.1 Å². The number of hydrogen-bond acceptors (Lipinski definition) is 2. The lowest BCUT2D eigenvalue weighted by atomic mass is 9.90. The van der Waals surface area contributed by atoms with Crippen LogP contribution in [-0.2, 0) is 6.42 Å². The molecule has 0 fully saturated rings. The van der Waals surface area contributed by atoms with Gasteiger partial charge in [0.25, 0.3) is 0 Å². The Balaban J connectivity index is 1.85. The lowest BCUT2D eigenvalue weighted by molar-refractivity contribution is 0.512. The van der Waals surface area contributed by atoms with Gasteiger partial charge in [-0.15, -0.1) is 0 Å². The van der Waals surface area contributed by atoms with Crippen LogP contribution >= 0.6 is 0 Å². The Kier molecular flexibility index (Phi) is 3.93. The van der Waals surface area contributed by atoms with Crippen LogP contribution in [0.5, 0.6) is 0 Å². The van der Waals surface area contributed by atoms with E-state index in [0.29, 0.717) is 28.5 Å². The summed E-state index contributed by atoms with van der Waals surface area (Å²) in [6.45, 7) is 7.26.